The molecule has 0 aliphatic carbocycles. The number of carboxylic acids is 1. The van der Waals surface area contributed by atoms with Crippen molar-refractivity contribution in [3.63, 3.8) is 0 Å². The van der Waals surface area contributed by atoms with Crippen LogP contribution in [0.25, 0.3) is 11.1 Å². The van der Waals surface area contributed by atoms with E-state index in [9.17, 15) is 27.9 Å². The Morgan fingerprint density at radius 1 is 1.09 bits per heavy atom. The van der Waals surface area contributed by atoms with Crippen LogP contribution in [-0.2, 0) is 11.3 Å². The number of amides is 1. The molecule has 0 saturated heterocycles. The van der Waals surface area contributed by atoms with Crippen molar-refractivity contribution in [3.8, 4) is 28.4 Å². The molecule has 2 aromatic rings. The minimum Gasteiger partial charge on any atom is -0.493 e. The quantitative estimate of drug-likeness (QED) is 0.602. The van der Waals surface area contributed by atoms with Crippen LogP contribution in [0, 0.1) is 11.3 Å². The van der Waals surface area contributed by atoms with E-state index in [4.69, 9.17) is 14.2 Å². The van der Waals surface area contributed by atoms with Gasteiger partial charge in [-0.15, -0.1) is 0 Å². The lowest BCUT2D eigenvalue weighted by Gasteiger charge is -2.33. The number of ether oxygens (including phenoxy) is 3. The summed E-state index contributed by atoms with van der Waals surface area (Å²) in [5.41, 5.74) is 0.636. The standard InChI is InChI=1S/C23H24F3NO6/c1-22(2,19(21(29)30)23(24,25)26)11-33-17-14(7-8-16(31-3)18(17)32-4)12-5-6-15-13(9-12)10-27-20(15)28/h5-9,19H,10-11H2,1-4H3,(H,27,28)(H,29,30). The van der Waals surface area contributed by atoms with E-state index in [0.717, 1.165) is 5.56 Å². The maximum Gasteiger partial charge on any atom is 0.402 e. The molecule has 1 amide bonds. The van der Waals surface area contributed by atoms with Gasteiger partial charge < -0.3 is 24.6 Å². The van der Waals surface area contributed by atoms with E-state index in [1.54, 1.807) is 30.3 Å². The minimum absolute atomic E-state index is 0.105. The number of hydrogen-bond donors (Lipinski definition) is 2. The topological polar surface area (TPSA) is 94.1 Å². The summed E-state index contributed by atoms with van der Waals surface area (Å²) in [6, 6.07) is 8.41. The maximum absolute atomic E-state index is 13.4. The number of alkyl halides is 3. The molecule has 2 N–H and O–H groups in total. The van der Waals surface area contributed by atoms with Crippen molar-refractivity contribution in [2.75, 3.05) is 20.8 Å². The minimum atomic E-state index is -4.96. The van der Waals surface area contributed by atoms with Crippen molar-refractivity contribution in [1.82, 2.24) is 5.32 Å². The molecule has 0 fully saturated rings. The number of aliphatic carboxylic acids is 1. The molecule has 3 rings (SSSR count). The number of carbonyl (C=O) groups excluding carboxylic acids is 1. The largest absolute Gasteiger partial charge is 0.493 e. The average molecular weight is 467 g/mol. The summed E-state index contributed by atoms with van der Waals surface area (Å²) in [4.78, 5) is 23.3. The molecule has 1 atom stereocenters. The number of fused-ring (bicyclic) bond motifs is 1. The molecule has 7 nitrogen and oxygen atoms in total. The first-order valence-corrected chi connectivity index (χ1v) is 9.99. The van der Waals surface area contributed by atoms with Crippen LogP contribution in [0.3, 0.4) is 0 Å². The first kappa shape index (κ1) is 24.2. The van der Waals surface area contributed by atoms with Gasteiger partial charge in [-0.2, -0.15) is 13.2 Å². The number of carboxylic acid groups (broad SMARTS) is 1. The van der Waals surface area contributed by atoms with Crippen LogP contribution in [0.15, 0.2) is 30.3 Å². The zero-order valence-electron chi connectivity index (χ0n) is 18.5. The Morgan fingerprint density at radius 2 is 1.76 bits per heavy atom. The highest BCUT2D eigenvalue weighted by Gasteiger charge is 2.54. The molecule has 0 radical (unpaired) electrons. The van der Waals surface area contributed by atoms with E-state index in [0.29, 0.717) is 23.2 Å². The molecule has 2 aromatic carbocycles. The SMILES string of the molecule is COc1ccc(-c2ccc3c(c2)CNC3=O)c(OCC(C)(C)C(C(=O)O)C(F)(F)F)c1OC. The van der Waals surface area contributed by atoms with E-state index in [1.165, 1.54) is 28.1 Å². The van der Waals surface area contributed by atoms with E-state index in [2.05, 4.69) is 5.32 Å². The fourth-order valence-electron chi connectivity index (χ4n) is 3.93. The fraction of sp³-hybridized carbons (Fsp3) is 0.391. The van der Waals surface area contributed by atoms with Crippen molar-refractivity contribution in [3.05, 3.63) is 41.5 Å². The summed E-state index contributed by atoms with van der Waals surface area (Å²) in [5.74, 6) is -4.26. The number of halogens is 3. The summed E-state index contributed by atoms with van der Waals surface area (Å²) in [5, 5.41) is 11.9. The van der Waals surface area contributed by atoms with Crippen LogP contribution in [0.5, 0.6) is 17.2 Å². The monoisotopic (exact) mass is 467 g/mol. The second kappa shape index (κ2) is 8.84. The molecule has 33 heavy (non-hydrogen) atoms. The Balaban J connectivity index is 2.05. The third kappa shape index (κ3) is 4.69. The van der Waals surface area contributed by atoms with Crippen molar-refractivity contribution >= 4 is 11.9 Å². The van der Waals surface area contributed by atoms with E-state index >= 15 is 0 Å². The Kier molecular flexibility index (Phi) is 6.49. The van der Waals surface area contributed by atoms with Gasteiger partial charge in [0.05, 0.1) is 20.8 Å². The van der Waals surface area contributed by atoms with Crippen molar-refractivity contribution in [2.45, 2.75) is 26.6 Å². The first-order valence-electron chi connectivity index (χ1n) is 9.99. The number of benzene rings is 2. The van der Waals surface area contributed by atoms with Crippen molar-refractivity contribution in [2.24, 2.45) is 11.3 Å². The zero-order valence-corrected chi connectivity index (χ0v) is 18.5. The summed E-state index contributed by atoms with van der Waals surface area (Å²) < 4.78 is 56.9. The van der Waals surface area contributed by atoms with Gasteiger partial charge >= 0.3 is 12.1 Å². The van der Waals surface area contributed by atoms with Crippen LogP contribution < -0.4 is 19.5 Å². The molecule has 0 aromatic heterocycles. The number of methoxy groups -OCH3 is 2. The zero-order chi connectivity index (χ0) is 24.6. The van der Waals surface area contributed by atoms with Crippen LogP contribution in [-0.4, -0.2) is 44.0 Å². The number of rotatable bonds is 8. The maximum atomic E-state index is 13.4. The summed E-state index contributed by atoms with van der Waals surface area (Å²) >= 11 is 0. The lowest BCUT2D eigenvalue weighted by molar-refractivity contribution is -0.216. The van der Waals surface area contributed by atoms with E-state index < -0.39 is 30.1 Å². The molecule has 1 heterocycles. The second-order valence-corrected chi connectivity index (χ2v) is 8.32. The van der Waals surface area contributed by atoms with Gasteiger partial charge in [0.2, 0.25) is 5.75 Å². The Morgan fingerprint density at radius 3 is 2.33 bits per heavy atom. The van der Waals surface area contributed by atoms with Crippen molar-refractivity contribution in [1.29, 1.82) is 0 Å². The third-order valence-electron chi connectivity index (χ3n) is 5.54. The van der Waals surface area contributed by atoms with Gasteiger partial charge in [0.25, 0.3) is 5.91 Å². The third-order valence-corrected chi connectivity index (χ3v) is 5.54. The molecule has 10 heteroatoms. The first-order chi connectivity index (χ1) is 15.4. The normalized spacial score (nSPS) is 14.3. The van der Waals surface area contributed by atoms with E-state index in [1.807, 2.05) is 0 Å². The van der Waals surface area contributed by atoms with Gasteiger partial charge in [-0.05, 0) is 35.4 Å². The molecular weight excluding hydrogens is 443 g/mol. The Labute approximate surface area is 188 Å². The number of nitrogens with one attached hydrogen (secondary N) is 1. The van der Waals surface area contributed by atoms with Crippen LogP contribution in [0.4, 0.5) is 13.2 Å². The van der Waals surface area contributed by atoms with E-state index in [-0.39, 0.29) is 23.2 Å². The van der Waals surface area contributed by atoms with Gasteiger partial charge in [0.15, 0.2) is 17.4 Å². The molecule has 1 unspecified atom stereocenters. The molecule has 178 valence electrons. The van der Waals surface area contributed by atoms with Gasteiger partial charge in [0.1, 0.15) is 0 Å². The molecular formula is C23H24F3NO6. The van der Waals surface area contributed by atoms with Gasteiger partial charge in [-0.3, -0.25) is 9.59 Å². The van der Waals surface area contributed by atoms with Gasteiger partial charge in [-0.1, -0.05) is 19.9 Å². The lowest BCUT2D eigenvalue weighted by atomic mass is 9.79. The van der Waals surface area contributed by atoms with Crippen LogP contribution >= 0.6 is 0 Å². The predicted molar refractivity (Wildman–Crippen MR) is 113 cm³/mol. The molecule has 1 aliphatic heterocycles. The second-order valence-electron chi connectivity index (χ2n) is 8.32. The number of carbonyl (C=O) groups is 2. The lowest BCUT2D eigenvalue weighted by Crippen LogP contribution is -2.45. The summed E-state index contributed by atoms with van der Waals surface area (Å²) in [6.45, 7) is 2.14. The van der Waals surface area contributed by atoms with Gasteiger partial charge in [-0.25, -0.2) is 0 Å². The molecule has 0 saturated carbocycles. The highest BCUT2D eigenvalue weighted by Crippen LogP contribution is 2.47. The van der Waals surface area contributed by atoms with Gasteiger partial charge in [0, 0.05) is 23.1 Å². The Hall–Kier alpha value is -3.43. The van der Waals surface area contributed by atoms with Crippen LogP contribution in [0.2, 0.25) is 0 Å². The highest BCUT2D eigenvalue weighted by molar-refractivity contribution is 5.99. The molecule has 0 spiro atoms. The average Bonchev–Trinajstić information content (AvgIpc) is 3.09. The number of hydrogen-bond acceptors (Lipinski definition) is 5. The Bertz CT molecular complexity index is 1080. The highest BCUT2D eigenvalue weighted by atomic mass is 19.4. The van der Waals surface area contributed by atoms with Crippen LogP contribution in [0.1, 0.15) is 29.8 Å². The summed E-state index contributed by atoms with van der Waals surface area (Å²) in [7, 11) is 2.77. The van der Waals surface area contributed by atoms with Crippen molar-refractivity contribution < 1.29 is 42.1 Å². The predicted octanol–water partition coefficient (Wildman–Crippen LogP) is 4.28. The molecule has 1 aliphatic rings. The fourth-order valence-corrected chi connectivity index (χ4v) is 3.93. The summed E-state index contributed by atoms with van der Waals surface area (Å²) in [6.07, 6.45) is -4.96. The molecule has 0 bridgehead atoms. The smallest absolute Gasteiger partial charge is 0.402 e.